The molecule has 1 aromatic rings. The highest BCUT2D eigenvalue weighted by Crippen LogP contribution is 2.59. The van der Waals surface area contributed by atoms with Crippen molar-refractivity contribution in [2.75, 3.05) is 72.5 Å². The van der Waals surface area contributed by atoms with E-state index in [4.69, 9.17) is 35.2 Å². The molecule has 1 aromatic heterocycles. The Balaban J connectivity index is 1.07. The normalized spacial score (nSPS) is 17.0. The first-order valence-electron chi connectivity index (χ1n) is 25.9. The third kappa shape index (κ3) is 27.0. The molecule has 1 saturated carbocycles. The van der Waals surface area contributed by atoms with Crippen LogP contribution >= 0.6 is 11.3 Å². The highest BCUT2D eigenvalue weighted by molar-refractivity contribution is 7.10. The van der Waals surface area contributed by atoms with Gasteiger partial charge < -0.3 is 66.4 Å². The van der Waals surface area contributed by atoms with E-state index in [-0.39, 0.29) is 152 Å². The topological polar surface area (TPSA) is 327 Å². The molecule has 0 spiro atoms. The van der Waals surface area contributed by atoms with Crippen LogP contribution in [0.15, 0.2) is 11.4 Å². The molecular weight excluding hydrogens is 969 g/mol. The minimum absolute atomic E-state index is 0.0420. The lowest BCUT2D eigenvalue weighted by molar-refractivity contribution is -0.142. The number of rotatable bonds is 44. The molecule has 1 unspecified atom stereocenters. The molecule has 73 heavy (non-hydrogen) atoms. The molecule has 10 N–H and O–H groups in total. The van der Waals surface area contributed by atoms with Crippen LogP contribution in [0.5, 0.6) is 0 Å². The predicted octanol–water partition coefficient (Wildman–Crippen LogP) is 3.12. The van der Waals surface area contributed by atoms with Crippen LogP contribution in [0.2, 0.25) is 0 Å². The fraction of sp³-hybridized carbons (Fsp3) is 0.740. The SMILES string of the molecule is C[C@@]12C[C@@H]1N(C(=O)CNC(=O)COCCOCCNC(=O)COCCOCCNC(=O)CCC(NC(=O)CCCCCCCCCCCCCCCCC(=O)O)C(=O)O)[C@H](C(=O)NCc1cc(C(=N)N)cs1)C2. The Morgan fingerprint density at radius 3 is 1.74 bits per heavy atom. The lowest BCUT2D eigenvalue weighted by atomic mass is 10.0. The number of amidine groups is 1. The number of hydrogen-bond donors (Lipinski definition) is 9. The summed E-state index contributed by atoms with van der Waals surface area (Å²) in [4.78, 5) is 99.9. The number of fused-ring (bicyclic) bond motifs is 1. The van der Waals surface area contributed by atoms with Crippen LogP contribution in [0.4, 0.5) is 0 Å². The fourth-order valence-electron chi connectivity index (χ4n) is 8.50. The number of nitrogens with two attached hydrogens (primary N) is 1. The average Bonchev–Trinajstić information content (AvgIpc) is 3.61. The number of ether oxygens (including phenoxy) is 4. The van der Waals surface area contributed by atoms with E-state index in [1.165, 1.54) is 49.9 Å². The molecule has 22 nitrogen and oxygen atoms in total. The van der Waals surface area contributed by atoms with E-state index < -0.39 is 29.9 Å². The van der Waals surface area contributed by atoms with Crippen LogP contribution in [-0.4, -0.2) is 159 Å². The van der Waals surface area contributed by atoms with Gasteiger partial charge >= 0.3 is 11.9 Å². The number of nitrogens with one attached hydrogen (secondary N) is 6. The minimum atomic E-state index is -1.19. The number of piperidine rings is 1. The lowest BCUT2D eigenvalue weighted by Crippen LogP contribution is -2.50. The van der Waals surface area contributed by atoms with Gasteiger partial charge in [-0.15, -0.1) is 11.3 Å². The molecule has 0 bridgehead atoms. The third-order valence-electron chi connectivity index (χ3n) is 12.7. The zero-order valence-electron chi connectivity index (χ0n) is 42.7. The number of aliphatic carboxylic acids is 2. The summed E-state index contributed by atoms with van der Waals surface area (Å²) in [6, 6.07) is -0.107. The van der Waals surface area contributed by atoms with Crippen molar-refractivity contribution in [2.45, 2.75) is 160 Å². The van der Waals surface area contributed by atoms with Gasteiger partial charge in [-0.25, -0.2) is 4.79 Å². The Labute approximate surface area is 433 Å². The molecule has 3 rings (SSSR count). The Morgan fingerprint density at radius 2 is 1.21 bits per heavy atom. The van der Waals surface area contributed by atoms with Crippen molar-refractivity contribution >= 4 is 64.6 Å². The molecule has 1 saturated heterocycles. The van der Waals surface area contributed by atoms with E-state index in [2.05, 4.69) is 26.6 Å². The van der Waals surface area contributed by atoms with E-state index in [1.54, 1.807) is 16.3 Å². The van der Waals surface area contributed by atoms with Crippen molar-refractivity contribution in [3.63, 3.8) is 0 Å². The number of amides is 6. The number of carbonyl (C=O) groups excluding carboxylic acids is 6. The monoisotopic (exact) mass is 1050 g/mol. The molecule has 412 valence electrons. The summed E-state index contributed by atoms with van der Waals surface area (Å²) in [5.74, 6) is -4.13. The quantitative estimate of drug-likeness (QED) is 0.0258. The maximum Gasteiger partial charge on any atom is 0.326 e. The van der Waals surface area contributed by atoms with Crippen molar-refractivity contribution in [1.29, 1.82) is 5.41 Å². The maximum atomic E-state index is 13.2. The molecule has 0 aromatic carbocycles. The van der Waals surface area contributed by atoms with Crippen LogP contribution in [0, 0.1) is 10.8 Å². The largest absolute Gasteiger partial charge is 0.481 e. The minimum Gasteiger partial charge on any atom is -0.481 e. The van der Waals surface area contributed by atoms with Crippen molar-refractivity contribution < 1.29 is 67.5 Å². The molecule has 2 aliphatic rings. The van der Waals surface area contributed by atoms with Crippen molar-refractivity contribution in [3.8, 4) is 0 Å². The van der Waals surface area contributed by atoms with E-state index in [0.717, 1.165) is 56.2 Å². The molecular formula is C50H82N8O14S. The summed E-state index contributed by atoms with van der Waals surface area (Å²) in [5.41, 5.74) is 5.99. The van der Waals surface area contributed by atoms with Crippen molar-refractivity contribution in [2.24, 2.45) is 11.1 Å². The Morgan fingerprint density at radius 1 is 0.685 bits per heavy atom. The van der Waals surface area contributed by atoms with Crippen molar-refractivity contribution in [3.05, 3.63) is 21.9 Å². The number of thiophene rings is 1. The molecule has 2 heterocycles. The molecule has 0 radical (unpaired) electrons. The number of unbranched alkanes of at least 4 members (excludes halogenated alkanes) is 13. The second kappa shape index (κ2) is 35.8. The van der Waals surface area contributed by atoms with E-state index in [9.17, 15) is 43.5 Å². The van der Waals surface area contributed by atoms with Gasteiger partial charge in [-0.3, -0.25) is 39.0 Å². The van der Waals surface area contributed by atoms with Gasteiger partial charge in [0.05, 0.1) is 52.7 Å². The summed E-state index contributed by atoms with van der Waals surface area (Å²) in [6.07, 6.45) is 16.7. The van der Waals surface area contributed by atoms with E-state index in [0.29, 0.717) is 18.4 Å². The second-order valence-corrected chi connectivity index (χ2v) is 20.0. The van der Waals surface area contributed by atoms with E-state index in [1.807, 2.05) is 6.92 Å². The Bertz CT molecular complexity index is 1900. The number of carbonyl (C=O) groups is 8. The molecule has 1 aliphatic carbocycles. The van der Waals surface area contributed by atoms with Gasteiger partial charge in [0.1, 0.15) is 31.1 Å². The summed E-state index contributed by atoms with van der Waals surface area (Å²) >= 11 is 1.38. The van der Waals surface area contributed by atoms with Crippen LogP contribution in [0.3, 0.4) is 0 Å². The van der Waals surface area contributed by atoms with Gasteiger partial charge in [-0.2, -0.15) is 0 Å². The molecule has 1 aliphatic heterocycles. The summed E-state index contributed by atoms with van der Waals surface area (Å²) in [7, 11) is 0. The number of hydrogen-bond acceptors (Lipinski definition) is 14. The van der Waals surface area contributed by atoms with Crippen LogP contribution in [0.1, 0.15) is 146 Å². The van der Waals surface area contributed by atoms with Gasteiger partial charge in [0, 0.05) is 54.2 Å². The van der Waals surface area contributed by atoms with Crippen LogP contribution in [-0.2, 0) is 63.8 Å². The first kappa shape index (κ1) is 62.1. The second-order valence-electron chi connectivity index (χ2n) is 19.0. The standard InChI is InChI=1S/C50H82N8O14S/c1-50-29-39(48(66)56-31-37-28-36(35-73-37)47(51)52)58(40(50)30-50)45(63)32-55-44(62)34-72-27-25-70-23-21-54-43(61)33-71-26-24-69-22-20-53-41(59)19-18-38(49(67)68)57-42(60)16-14-12-10-8-6-4-2-3-5-7-9-11-13-15-17-46(64)65/h28,35,38-40H,2-27,29-34H2,1H3,(H3,51,52)(H,53,59)(H,54,61)(H,55,62)(H,56,66)(H,57,60)(H,64,65)(H,67,68)/t38?,39-,40-,50+/m0/s1. The maximum absolute atomic E-state index is 13.2. The third-order valence-corrected chi connectivity index (χ3v) is 13.7. The number of likely N-dealkylation sites (tertiary alicyclic amines) is 1. The number of nitrogens with zero attached hydrogens (tertiary/aromatic N) is 1. The number of nitrogen functional groups attached to an aromatic ring is 1. The zero-order chi connectivity index (χ0) is 53.3. The van der Waals surface area contributed by atoms with Gasteiger partial charge in [0.2, 0.25) is 35.4 Å². The van der Waals surface area contributed by atoms with Gasteiger partial charge in [0.25, 0.3) is 0 Å². The Hall–Kier alpha value is -5.23. The molecule has 6 amide bonds. The van der Waals surface area contributed by atoms with Crippen LogP contribution < -0.4 is 32.3 Å². The van der Waals surface area contributed by atoms with Gasteiger partial charge in [-0.1, -0.05) is 84.0 Å². The first-order chi connectivity index (χ1) is 35.1. The predicted molar refractivity (Wildman–Crippen MR) is 272 cm³/mol. The highest BCUT2D eigenvalue weighted by Gasteiger charge is 2.64. The van der Waals surface area contributed by atoms with Gasteiger partial charge in [0.15, 0.2) is 0 Å². The number of carboxylic acid groups (broad SMARTS) is 2. The smallest absolute Gasteiger partial charge is 0.326 e. The summed E-state index contributed by atoms with van der Waals surface area (Å²) in [5, 5.41) is 40.8. The summed E-state index contributed by atoms with van der Waals surface area (Å²) in [6.45, 7) is 2.91. The Kier molecular flexibility index (Phi) is 30.5. The molecule has 2 fully saturated rings. The molecule has 4 atom stereocenters. The van der Waals surface area contributed by atoms with Crippen LogP contribution in [0.25, 0.3) is 0 Å². The fourth-order valence-corrected chi connectivity index (χ4v) is 9.32. The zero-order valence-corrected chi connectivity index (χ0v) is 43.6. The van der Waals surface area contributed by atoms with E-state index >= 15 is 0 Å². The highest BCUT2D eigenvalue weighted by atomic mass is 32.1. The molecule has 23 heteroatoms. The average molecular weight is 1050 g/mol. The van der Waals surface area contributed by atoms with Crippen molar-refractivity contribution in [1.82, 2.24) is 31.5 Å². The number of carboxylic acids is 2. The first-order valence-corrected chi connectivity index (χ1v) is 26.8. The summed E-state index contributed by atoms with van der Waals surface area (Å²) < 4.78 is 21.5. The van der Waals surface area contributed by atoms with Gasteiger partial charge in [-0.05, 0) is 43.6 Å². The lowest BCUT2D eigenvalue weighted by Gasteiger charge is -2.27.